The molecule has 144 valence electrons. The van der Waals surface area contributed by atoms with Gasteiger partial charge in [0, 0.05) is 17.6 Å². The number of ether oxygens (including phenoxy) is 1. The predicted molar refractivity (Wildman–Crippen MR) is 107 cm³/mol. The van der Waals surface area contributed by atoms with E-state index >= 15 is 0 Å². The molecular formula is C21H25ClN2O3. The Kier molecular flexibility index (Phi) is 7.67. The van der Waals surface area contributed by atoms with Crippen molar-refractivity contribution in [3.63, 3.8) is 0 Å². The van der Waals surface area contributed by atoms with Gasteiger partial charge in [-0.3, -0.25) is 9.59 Å². The molecule has 0 aromatic heterocycles. The van der Waals surface area contributed by atoms with Crippen LogP contribution in [0.4, 0.5) is 0 Å². The lowest BCUT2D eigenvalue weighted by Crippen LogP contribution is -2.50. The lowest BCUT2D eigenvalue weighted by molar-refractivity contribution is -0.142. The molecule has 0 aliphatic heterocycles. The maximum atomic E-state index is 12.8. The van der Waals surface area contributed by atoms with Crippen LogP contribution in [0.1, 0.15) is 26.3 Å². The monoisotopic (exact) mass is 388 g/mol. The zero-order chi connectivity index (χ0) is 19.8. The van der Waals surface area contributed by atoms with Crippen molar-refractivity contribution in [1.82, 2.24) is 10.2 Å². The minimum Gasteiger partial charge on any atom is -0.484 e. The summed E-state index contributed by atoms with van der Waals surface area (Å²) in [6.07, 6.45) is 0. The van der Waals surface area contributed by atoms with Crippen molar-refractivity contribution < 1.29 is 14.3 Å². The summed E-state index contributed by atoms with van der Waals surface area (Å²) in [6.45, 7) is 5.53. The molecule has 2 rings (SSSR count). The number of amides is 2. The molecule has 0 aliphatic carbocycles. The quantitative estimate of drug-likeness (QED) is 0.750. The zero-order valence-corrected chi connectivity index (χ0v) is 16.6. The van der Waals surface area contributed by atoms with Gasteiger partial charge in [0.15, 0.2) is 6.61 Å². The molecule has 0 spiro atoms. The molecule has 0 saturated heterocycles. The van der Waals surface area contributed by atoms with E-state index in [1.54, 1.807) is 25.1 Å². The molecule has 0 radical (unpaired) electrons. The van der Waals surface area contributed by atoms with Crippen LogP contribution >= 0.6 is 11.6 Å². The summed E-state index contributed by atoms with van der Waals surface area (Å²) in [5, 5.41) is 3.40. The number of carbonyl (C=O) groups is 2. The Labute approximate surface area is 165 Å². The van der Waals surface area contributed by atoms with Gasteiger partial charge in [-0.05, 0) is 44.5 Å². The minimum absolute atomic E-state index is 0.0159. The molecule has 6 heteroatoms. The van der Waals surface area contributed by atoms with Crippen LogP contribution in [0.15, 0.2) is 54.6 Å². The van der Waals surface area contributed by atoms with Crippen molar-refractivity contribution in [3.05, 3.63) is 65.2 Å². The molecule has 5 nitrogen and oxygen atoms in total. The Morgan fingerprint density at radius 2 is 1.67 bits per heavy atom. The molecule has 27 heavy (non-hydrogen) atoms. The van der Waals surface area contributed by atoms with Crippen molar-refractivity contribution in [3.8, 4) is 5.75 Å². The van der Waals surface area contributed by atoms with Gasteiger partial charge in [-0.1, -0.05) is 48.0 Å². The van der Waals surface area contributed by atoms with Crippen LogP contribution in [0, 0.1) is 0 Å². The third-order valence-corrected chi connectivity index (χ3v) is 4.37. The van der Waals surface area contributed by atoms with Gasteiger partial charge in [-0.2, -0.15) is 0 Å². The third-order valence-electron chi connectivity index (χ3n) is 4.00. The largest absolute Gasteiger partial charge is 0.484 e. The highest BCUT2D eigenvalue weighted by atomic mass is 35.5. The van der Waals surface area contributed by atoms with E-state index in [1.807, 2.05) is 50.2 Å². The molecule has 0 fully saturated rings. The second-order valence-corrected chi connectivity index (χ2v) is 6.96. The summed E-state index contributed by atoms with van der Waals surface area (Å²) in [5.74, 6) is 0.0955. The molecule has 2 amide bonds. The van der Waals surface area contributed by atoms with Gasteiger partial charge in [0.05, 0.1) is 0 Å². The van der Waals surface area contributed by atoms with Crippen molar-refractivity contribution in [2.75, 3.05) is 6.61 Å². The number of halogens is 1. The fraction of sp³-hybridized carbons (Fsp3) is 0.333. The third kappa shape index (κ3) is 6.29. The summed E-state index contributed by atoms with van der Waals surface area (Å²) in [7, 11) is 0. The first-order chi connectivity index (χ1) is 12.9. The second-order valence-electron chi connectivity index (χ2n) is 6.55. The standard InChI is InChI=1S/C21H25ClN2O3/c1-15(2)23-21(26)16(3)24(13-17-9-7-8-12-19(17)22)20(25)14-27-18-10-5-4-6-11-18/h4-12,15-16H,13-14H2,1-3H3,(H,23,26)/t16-/m1/s1. The van der Waals surface area contributed by atoms with E-state index in [0.29, 0.717) is 10.8 Å². The lowest BCUT2D eigenvalue weighted by atomic mass is 10.1. The van der Waals surface area contributed by atoms with Gasteiger partial charge in [-0.15, -0.1) is 0 Å². The van der Waals surface area contributed by atoms with Crippen molar-refractivity contribution in [2.45, 2.75) is 39.4 Å². The van der Waals surface area contributed by atoms with E-state index < -0.39 is 6.04 Å². The normalized spacial score (nSPS) is 11.7. The number of nitrogens with zero attached hydrogens (tertiary/aromatic N) is 1. The van der Waals surface area contributed by atoms with E-state index in [9.17, 15) is 9.59 Å². The van der Waals surface area contributed by atoms with E-state index in [2.05, 4.69) is 5.32 Å². The molecule has 1 atom stereocenters. The van der Waals surface area contributed by atoms with E-state index in [1.165, 1.54) is 4.90 Å². The highest BCUT2D eigenvalue weighted by molar-refractivity contribution is 6.31. The van der Waals surface area contributed by atoms with Gasteiger partial charge in [0.25, 0.3) is 5.91 Å². The number of carbonyl (C=O) groups excluding carboxylic acids is 2. The van der Waals surface area contributed by atoms with Crippen LogP contribution in [0.5, 0.6) is 5.75 Å². The summed E-state index contributed by atoms with van der Waals surface area (Å²) in [5.41, 5.74) is 0.774. The van der Waals surface area contributed by atoms with E-state index in [0.717, 1.165) is 5.56 Å². The van der Waals surface area contributed by atoms with Crippen LogP contribution in [0.2, 0.25) is 5.02 Å². The smallest absolute Gasteiger partial charge is 0.261 e. The van der Waals surface area contributed by atoms with Crippen molar-refractivity contribution in [2.24, 2.45) is 0 Å². The molecule has 0 aliphatic rings. The maximum absolute atomic E-state index is 12.8. The van der Waals surface area contributed by atoms with Crippen LogP contribution in [-0.4, -0.2) is 35.4 Å². The zero-order valence-electron chi connectivity index (χ0n) is 15.8. The summed E-state index contributed by atoms with van der Waals surface area (Å²) >= 11 is 6.24. The van der Waals surface area contributed by atoms with E-state index in [-0.39, 0.29) is 31.0 Å². The number of para-hydroxylation sites is 1. The highest BCUT2D eigenvalue weighted by Gasteiger charge is 2.27. The molecule has 2 aromatic carbocycles. The van der Waals surface area contributed by atoms with Crippen LogP contribution < -0.4 is 10.1 Å². The average Bonchev–Trinajstić information content (AvgIpc) is 2.65. The Hall–Kier alpha value is -2.53. The second kappa shape index (κ2) is 9.97. The molecule has 0 heterocycles. The van der Waals surface area contributed by atoms with Gasteiger partial charge < -0.3 is 15.0 Å². The van der Waals surface area contributed by atoms with E-state index in [4.69, 9.17) is 16.3 Å². The van der Waals surface area contributed by atoms with Gasteiger partial charge in [-0.25, -0.2) is 0 Å². The number of nitrogens with one attached hydrogen (secondary N) is 1. The minimum atomic E-state index is -0.657. The molecule has 2 aromatic rings. The fourth-order valence-electron chi connectivity index (χ4n) is 2.54. The topological polar surface area (TPSA) is 58.6 Å². The van der Waals surface area contributed by atoms with Crippen molar-refractivity contribution >= 4 is 23.4 Å². The Morgan fingerprint density at radius 1 is 1.04 bits per heavy atom. The van der Waals surface area contributed by atoms with Crippen LogP contribution in [0.25, 0.3) is 0 Å². The SMILES string of the molecule is CC(C)NC(=O)[C@@H](C)N(Cc1ccccc1Cl)C(=O)COc1ccccc1. The highest BCUT2D eigenvalue weighted by Crippen LogP contribution is 2.19. The molecule has 1 N–H and O–H groups in total. The molecule has 0 bridgehead atoms. The van der Waals surface area contributed by atoms with Gasteiger partial charge in [0.2, 0.25) is 5.91 Å². The Balaban J connectivity index is 2.15. The maximum Gasteiger partial charge on any atom is 0.261 e. The molecular weight excluding hydrogens is 364 g/mol. The molecule has 0 saturated carbocycles. The Bertz CT molecular complexity index is 765. The van der Waals surface area contributed by atoms with Crippen molar-refractivity contribution in [1.29, 1.82) is 0 Å². The Morgan fingerprint density at radius 3 is 2.30 bits per heavy atom. The fourth-order valence-corrected chi connectivity index (χ4v) is 2.74. The number of rotatable bonds is 8. The predicted octanol–water partition coefficient (Wildman–Crippen LogP) is 3.66. The number of benzene rings is 2. The first-order valence-electron chi connectivity index (χ1n) is 8.89. The number of hydrogen-bond acceptors (Lipinski definition) is 3. The average molecular weight is 389 g/mol. The van der Waals surface area contributed by atoms with Gasteiger partial charge >= 0.3 is 0 Å². The van der Waals surface area contributed by atoms with Gasteiger partial charge in [0.1, 0.15) is 11.8 Å². The lowest BCUT2D eigenvalue weighted by Gasteiger charge is -2.29. The first-order valence-corrected chi connectivity index (χ1v) is 9.27. The first kappa shape index (κ1) is 20.8. The summed E-state index contributed by atoms with van der Waals surface area (Å²) in [6, 6.07) is 15.7. The van der Waals surface area contributed by atoms with Crippen LogP contribution in [0.3, 0.4) is 0 Å². The number of hydrogen-bond donors (Lipinski definition) is 1. The van der Waals surface area contributed by atoms with Crippen LogP contribution in [-0.2, 0) is 16.1 Å². The molecule has 0 unspecified atom stereocenters. The summed E-state index contributed by atoms with van der Waals surface area (Å²) in [4.78, 5) is 26.8. The summed E-state index contributed by atoms with van der Waals surface area (Å²) < 4.78 is 5.57.